The van der Waals surface area contributed by atoms with Crippen LogP contribution in [0, 0.1) is 0 Å². The van der Waals surface area contributed by atoms with E-state index in [-0.39, 0.29) is 5.91 Å². The molecule has 0 saturated carbocycles. The van der Waals surface area contributed by atoms with Crippen LogP contribution in [0.4, 0.5) is 11.4 Å². The van der Waals surface area contributed by atoms with Crippen molar-refractivity contribution in [1.82, 2.24) is 10.3 Å². The lowest BCUT2D eigenvalue weighted by Gasteiger charge is -2.19. The van der Waals surface area contributed by atoms with Gasteiger partial charge in [-0.1, -0.05) is 6.92 Å². The monoisotopic (exact) mass is 222 g/mol. The van der Waals surface area contributed by atoms with Gasteiger partial charge in [0.15, 0.2) is 0 Å². The van der Waals surface area contributed by atoms with Crippen LogP contribution < -0.4 is 16.0 Å². The first-order valence-electron chi connectivity index (χ1n) is 5.32. The second-order valence-corrected chi connectivity index (χ2v) is 3.64. The Hall–Kier alpha value is -1.78. The van der Waals surface area contributed by atoms with E-state index in [4.69, 9.17) is 5.73 Å². The second-order valence-electron chi connectivity index (χ2n) is 3.64. The summed E-state index contributed by atoms with van der Waals surface area (Å²) < 4.78 is 0. The maximum absolute atomic E-state index is 11.5. The molecule has 0 radical (unpaired) electrons. The standard InChI is InChI=1S/C11H18N4O/c1-3-5-14-11(16)8-15(2)10-4-6-13-7-9(10)12/h4,6-7H,3,5,8,12H2,1-2H3,(H,14,16). The summed E-state index contributed by atoms with van der Waals surface area (Å²) in [6.07, 6.45) is 4.18. The SMILES string of the molecule is CCCNC(=O)CN(C)c1ccncc1N. The summed E-state index contributed by atoms with van der Waals surface area (Å²) >= 11 is 0. The molecule has 1 aromatic heterocycles. The lowest BCUT2D eigenvalue weighted by atomic mass is 10.3. The minimum absolute atomic E-state index is 0.000521. The molecule has 1 heterocycles. The van der Waals surface area contributed by atoms with Gasteiger partial charge in [-0.3, -0.25) is 9.78 Å². The Balaban J connectivity index is 2.55. The highest BCUT2D eigenvalue weighted by atomic mass is 16.2. The van der Waals surface area contributed by atoms with Gasteiger partial charge in [-0.05, 0) is 12.5 Å². The molecule has 0 aliphatic heterocycles. The highest BCUT2D eigenvalue weighted by molar-refractivity contribution is 5.82. The summed E-state index contributed by atoms with van der Waals surface area (Å²) in [7, 11) is 1.83. The van der Waals surface area contributed by atoms with Crippen molar-refractivity contribution >= 4 is 17.3 Å². The number of carbonyl (C=O) groups is 1. The third-order valence-electron chi connectivity index (χ3n) is 2.19. The molecule has 3 N–H and O–H groups in total. The van der Waals surface area contributed by atoms with E-state index in [9.17, 15) is 4.79 Å². The Morgan fingerprint density at radius 3 is 3.00 bits per heavy atom. The number of anilines is 2. The molecule has 0 atom stereocenters. The third kappa shape index (κ3) is 3.42. The first-order valence-corrected chi connectivity index (χ1v) is 5.32. The van der Waals surface area contributed by atoms with Gasteiger partial charge in [0.2, 0.25) is 5.91 Å². The molecule has 0 spiro atoms. The van der Waals surface area contributed by atoms with Crippen LogP contribution in [0.25, 0.3) is 0 Å². The van der Waals surface area contributed by atoms with Crippen molar-refractivity contribution in [3.05, 3.63) is 18.5 Å². The number of nitrogen functional groups attached to an aromatic ring is 1. The van der Waals surface area contributed by atoms with E-state index in [0.717, 1.165) is 12.1 Å². The predicted octanol–water partition coefficient (Wildman–Crippen LogP) is 0.626. The van der Waals surface area contributed by atoms with E-state index in [2.05, 4.69) is 10.3 Å². The largest absolute Gasteiger partial charge is 0.396 e. The van der Waals surface area contributed by atoms with Gasteiger partial charge in [-0.25, -0.2) is 0 Å². The second kappa shape index (κ2) is 5.95. The average molecular weight is 222 g/mol. The molecular weight excluding hydrogens is 204 g/mol. The first-order chi connectivity index (χ1) is 7.65. The topological polar surface area (TPSA) is 71.2 Å². The Morgan fingerprint density at radius 2 is 2.38 bits per heavy atom. The van der Waals surface area contributed by atoms with Crippen molar-refractivity contribution in [1.29, 1.82) is 0 Å². The number of carbonyl (C=O) groups excluding carboxylic acids is 1. The summed E-state index contributed by atoms with van der Waals surface area (Å²) in [5.41, 5.74) is 7.16. The van der Waals surface area contributed by atoms with E-state index < -0.39 is 0 Å². The van der Waals surface area contributed by atoms with Gasteiger partial charge in [0.25, 0.3) is 0 Å². The molecule has 16 heavy (non-hydrogen) atoms. The molecule has 0 fully saturated rings. The smallest absolute Gasteiger partial charge is 0.239 e. The zero-order valence-corrected chi connectivity index (χ0v) is 9.73. The van der Waals surface area contributed by atoms with Crippen LogP contribution in [-0.4, -0.2) is 31.0 Å². The number of rotatable bonds is 5. The molecule has 1 aromatic rings. The van der Waals surface area contributed by atoms with Crippen molar-refractivity contribution in [2.24, 2.45) is 0 Å². The fraction of sp³-hybridized carbons (Fsp3) is 0.455. The van der Waals surface area contributed by atoms with Gasteiger partial charge in [0.05, 0.1) is 24.1 Å². The molecule has 5 heteroatoms. The molecule has 0 saturated heterocycles. The molecule has 0 aliphatic rings. The Morgan fingerprint density at radius 1 is 1.62 bits per heavy atom. The number of amides is 1. The van der Waals surface area contributed by atoms with Gasteiger partial charge in [0, 0.05) is 19.8 Å². The Bertz CT molecular complexity index is 354. The fourth-order valence-electron chi connectivity index (χ4n) is 1.37. The van der Waals surface area contributed by atoms with E-state index in [1.165, 1.54) is 0 Å². The minimum atomic E-state index is 0.000521. The van der Waals surface area contributed by atoms with Gasteiger partial charge in [0.1, 0.15) is 0 Å². The molecule has 0 unspecified atom stereocenters. The number of hydrogen-bond donors (Lipinski definition) is 2. The highest BCUT2D eigenvalue weighted by Crippen LogP contribution is 2.19. The predicted molar refractivity (Wildman–Crippen MR) is 65.2 cm³/mol. The fourth-order valence-corrected chi connectivity index (χ4v) is 1.37. The first kappa shape index (κ1) is 12.3. The van der Waals surface area contributed by atoms with E-state index >= 15 is 0 Å². The zero-order chi connectivity index (χ0) is 12.0. The quantitative estimate of drug-likeness (QED) is 0.766. The number of nitrogens with two attached hydrogens (primary N) is 1. The highest BCUT2D eigenvalue weighted by Gasteiger charge is 2.08. The normalized spacial score (nSPS) is 9.88. The van der Waals surface area contributed by atoms with Crippen LogP contribution >= 0.6 is 0 Å². The molecule has 88 valence electrons. The zero-order valence-electron chi connectivity index (χ0n) is 9.73. The molecule has 0 bridgehead atoms. The summed E-state index contributed by atoms with van der Waals surface area (Å²) in [6.45, 7) is 3.03. The van der Waals surface area contributed by atoms with E-state index in [1.807, 2.05) is 18.9 Å². The number of pyridine rings is 1. The molecule has 0 aromatic carbocycles. The van der Waals surface area contributed by atoms with Gasteiger partial charge in [-0.15, -0.1) is 0 Å². The summed E-state index contributed by atoms with van der Waals surface area (Å²) in [5, 5.41) is 2.82. The Labute approximate surface area is 95.7 Å². The maximum Gasteiger partial charge on any atom is 0.239 e. The van der Waals surface area contributed by atoms with Gasteiger partial charge in [-0.2, -0.15) is 0 Å². The van der Waals surface area contributed by atoms with Crippen LogP contribution in [0.2, 0.25) is 0 Å². The lowest BCUT2D eigenvalue weighted by molar-refractivity contribution is -0.119. The summed E-state index contributed by atoms with van der Waals surface area (Å²) in [5.74, 6) is 0.000521. The number of likely N-dealkylation sites (N-methyl/N-ethyl adjacent to an activating group) is 1. The minimum Gasteiger partial charge on any atom is -0.396 e. The van der Waals surface area contributed by atoms with E-state index in [0.29, 0.717) is 18.8 Å². The lowest BCUT2D eigenvalue weighted by Crippen LogP contribution is -2.35. The van der Waals surface area contributed by atoms with Crippen LogP contribution in [0.15, 0.2) is 18.5 Å². The van der Waals surface area contributed by atoms with Crippen molar-refractivity contribution in [3.63, 3.8) is 0 Å². The van der Waals surface area contributed by atoms with Crippen molar-refractivity contribution < 1.29 is 4.79 Å². The number of hydrogen-bond acceptors (Lipinski definition) is 4. The molecule has 5 nitrogen and oxygen atoms in total. The van der Waals surface area contributed by atoms with E-state index in [1.54, 1.807) is 18.5 Å². The van der Waals surface area contributed by atoms with Crippen molar-refractivity contribution in [3.8, 4) is 0 Å². The maximum atomic E-state index is 11.5. The molecular formula is C11H18N4O. The van der Waals surface area contributed by atoms with Crippen LogP contribution in [0.1, 0.15) is 13.3 Å². The number of nitrogens with one attached hydrogen (secondary N) is 1. The average Bonchev–Trinajstić information content (AvgIpc) is 2.26. The van der Waals surface area contributed by atoms with Crippen molar-refractivity contribution in [2.45, 2.75) is 13.3 Å². The molecule has 0 aliphatic carbocycles. The Kier molecular flexibility index (Phi) is 4.57. The van der Waals surface area contributed by atoms with Crippen molar-refractivity contribution in [2.75, 3.05) is 30.8 Å². The number of nitrogens with zero attached hydrogens (tertiary/aromatic N) is 2. The van der Waals surface area contributed by atoms with Crippen LogP contribution in [0.5, 0.6) is 0 Å². The molecule has 1 amide bonds. The van der Waals surface area contributed by atoms with Gasteiger partial charge < -0.3 is 16.0 Å². The number of aromatic nitrogens is 1. The van der Waals surface area contributed by atoms with Crippen LogP contribution in [-0.2, 0) is 4.79 Å². The van der Waals surface area contributed by atoms with Crippen LogP contribution in [0.3, 0.4) is 0 Å². The third-order valence-corrected chi connectivity index (χ3v) is 2.19. The summed E-state index contributed by atoms with van der Waals surface area (Å²) in [6, 6.07) is 1.79. The van der Waals surface area contributed by atoms with Gasteiger partial charge >= 0.3 is 0 Å². The molecule has 1 rings (SSSR count). The summed E-state index contributed by atoms with van der Waals surface area (Å²) in [4.78, 5) is 17.2.